The van der Waals surface area contributed by atoms with Crippen LogP contribution >= 0.6 is 11.3 Å². The number of benzene rings is 2. The molecule has 5 nitrogen and oxygen atoms in total. The van der Waals surface area contributed by atoms with Gasteiger partial charge in [0.25, 0.3) is 5.91 Å². The van der Waals surface area contributed by atoms with Gasteiger partial charge in [0.05, 0.1) is 10.6 Å². The highest BCUT2D eigenvalue weighted by molar-refractivity contribution is 7.12. The summed E-state index contributed by atoms with van der Waals surface area (Å²) < 4.78 is 5.93. The summed E-state index contributed by atoms with van der Waals surface area (Å²) in [5, 5.41) is 7.61. The summed E-state index contributed by atoms with van der Waals surface area (Å²) in [5.41, 5.74) is 2.77. The first-order valence-electron chi connectivity index (χ1n) is 9.51. The predicted molar refractivity (Wildman–Crippen MR) is 116 cm³/mol. The minimum Gasteiger partial charge on any atom is -0.487 e. The summed E-state index contributed by atoms with van der Waals surface area (Å²) in [6.07, 6.45) is 0.881. The molecule has 2 amide bonds. The Hall–Kier alpha value is -3.12. The Balaban J connectivity index is 1.48. The molecule has 0 fully saturated rings. The van der Waals surface area contributed by atoms with Crippen molar-refractivity contribution in [1.82, 2.24) is 5.32 Å². The van der Waals surface area contributed by atoms with Crippen LogP contribution in [0.25, 0.3) is 0 Å². The zero-order valence-electron chi connectivity index (χ0n) is 16.3. The Morgan fingerprint density at radius 1 is 1.03 bits per heavy atom. The number of ether oxygens (including phenoxy) is 1. The second kappa shape index (κ2) is 10.4. The zero-order valence-corrected chi connectivity index (χ0v) is 17.1. The lowest BCUT2D eigenvalue weighted by Gasteiger charge is -2.14. The van der Waals surface area contributed by atoms with Gasteiger partial charge in [0.1, 0.15) is 12.4 Å². The SMILES string of the molecule is Cc1ccc(NC(=O)CCCNC(=O)c2cccs2)c(OCc2ccccc2)c1. The summed E-state index contributed by atoms with van der Waals surface area (Å²) in [4.78, 5) is 24.9. The predicted octanol–water partition coefficient (Wildman–Crippen LogP) is 4.78. The normalized spacial score (nSPS) is 10.4. The molecule has 150 valence electrons. The Kier molecular flexibility index (Phi) is 7.41. The van der Waals surface area contributed by atoms with Crippen molar-refractivity contribution in [3.05, 3.63) is 82.0 Å². The third-order valence-electron chi connectivity index (χ3n) is 4.26. The van der Waals surface area contributed by atoms with Crippen LogP contribution in [0, 0.1) is 6.92 Å². The highest BCUT2D eigenvalue weighted by atomic mass is 32.1. The van der Waals surface area contributed by atoms with Gasteiger partial charge in [0, 0.05) is 13.0 Å². The maximum absolute atomic E-state index is 12.3. The molecule has 0 spiro atoms. The van der Waals surface area contributed by atoms with Crippen LogP contribution in [-0.4, -0.2) is 18.4 Å². The van der Waals surface area contributed by atoms with Gasteiger partial charge in [0.2, 0.25) is 5.91 Å². The molecular weight excluding hydrogens is 384 g/mol. The summed E-state index contributed by atoms with van der Waals surface area (Å²) in [6, 6.07) is 19.2. The highest BCUT2D eigenvalue weighted by Crippen LogP contribution is 2.27. The standard InChI is InChI=1S/C23H24N2O3S/c1-17-11-12-19(20(15-17)28-16-18-7-3-2-4-8-18)25-22(26)10-5-13-24-23(27)21-9-6-14-29-21/h2-4,6-9,11-12,14-15H,5,10,13,16H2,1H3,(H,24,27)(H,25,26). The van der Waals surface area contributed by atoms with Gasteiger partial charge in [-0.15, -0.1) is 11.3 Å². The van der Waals surface area contributed by atoms with E-state index < -0.39 is 0 Å². The summed E-state index contributed by atoms with van der Waals surface area (Å²) in [6.45, 7) is 2.87. The minimum absolute atomic E-state index is 0.101. The van der Waals surface area contributed by atoms with E-state index in [1.54, 1.807) is 6.07 Å². The van der Waals surface area contributed by atoms with Crippen LogP contribution < -0.4 is 15.4 Å². The fourth-order valence-corrected chi connectivity index (χ4v) is 3.39. The second-order valence-electron chi connectivity index (χ2n) is 6.66. The lowest BCUT2D eigenvalue weighted by atomic mass is 10.2. The quantitative estimate of drug-likeness (QED) is 0.501. The van der Waals surface area contributed by atoms with E-state index in [4.69, 9.17) is 4.74 Å². The number of hydrogen-bond donors (Lipinski definition) is 2. The van der Waals surface area contributed by atoms with E-state index in [2.05, 4.69) is 10.6 Å². The van der Waals surface area contributed by atoms with Crippen molar-refractivity contribution in [1.29, 1.82) is 0 Å². The minimum atomic E-state index is -0.108. The average molecular weight is 409 g/mol. The highest BCUT2D eigenvalue weighted by Gasteiger charge is 2.10. The van der Waals surface area contributed by atoms with Crippen molar-refractivity contribution in [3.63, 3.8) is 0 Å². The molecule has 0 aliphatic carbocycles. The molecule has 29 heavy (non-hydrogen) atoms. The van der Waals surface area contributed by atoms with E-state index in [-0.39, 0.29) is 11.8 Å². The number of amides is 2. The number of nitrogens with one attached hydrogen (secondary N) is 2. The smallest absolute Gasteiger partial charge is 0.261 e. The first kappa shape index (κ1) is 20.6. The molecule has 2 aromatic carbocycles. The van der Waals surface area contributed by atoms with E-state index in [1.807, 2.05) is 66.9 Å². The largest absolute Gasteiger partial charge is 0.487 e. The maximum atomic E-state index is 12.3. The average Bonchev–Trinajstić information content (AvgIpc) is 3.27. The molecule has 0 aliphatic rings. The van der Waals surface area contributed by atoms with Gasteiger partial charge in [-0.2, -0.15) is 0 Å². The van der Waals surface area contributed by atoms with Gasteiger partial charge >= 0.3 is 0 Å². The molecule has 0 unspecified atom stereocenters. The van der Waals surface area contributed by atoms with Crippen molar-refractivity contribution in [2.45, 2.75) is 26.4 Å². The molecule has 1 heterocycles. The van der Waals surface area contributed by atoms with E-state index in [0.717, 1.165) is 11.1 Å². The van der Waals surface area contributed by atoms with Crippen molar-refractivity contribution >= 4 is 28.8 Å². The molecule has 3 rings (SSSR count). The van der Waals surface area contributed by atoms with Gasteiger partial charge in [-0.05, 0) is 48.1 Å². The van der Waals surface area contributed by atoms with Crippen molar-refractivity contribution in [2.24, 2.45) is 0 Å². The van der Waals surface area contributed by atoms with Gasteiger partial charge in [-0.3, -0.25) is 9.59 Å². The lowest BCUT2D eigenvalue weighted by Crippen LogP contribution is -2.24. The molecule has 0 aliphatic heterocycles. The van der Waals surface area contributed by atoms with Gasteiger partial charge < -0.3 is 15.4 Å². The summed E-state index contributed by atoms with van der Waals surface area (Å²) in [7, 11) is 0. The number of carbonyl (C=O) groups is 2. The lowest BCUT2D eigenvalue weighted by molar-refractivity contribution is -0.116. The molecule has 3 aromatic rings. The third-order valence-corrected chi connectivity index (χ3v) is 5.13. The van der Waals surface area contributed by atoms with Gasteiger partial charge in [-0.1, -0.05) is 42.5 Å². The number of anilines is 1. The molecule has 0 saturated heterocycles. The van der Waals surface area contributed by atoms with Crippen LogP contribution in [0.5, 0.6) is 5.75 Å². The van der Waals surface area contributed by atoms with Crippen LogP contribution in [-0.2, 0) is 11.4 Å². The van der Waals surface area contributed by atoms with Crippen LogP contribution in [0.3, 0.4) is 0 Å². The molecule has 0 bridgehead atoms. The summed E-state index contributed by atoms with van der Waals surface area (Å²) in [5.74, 6) is 0.438. The Bertz CT molecular complexity index is 940. The van der Waals surface area contributed by atoms with Gasteiger partial charge in [0.15, 0.2) is 0 Å². The Morgan fingerprint density at radius 2 is 1.86 bits per heavy atom. The number of hydrogen-bond acceptors (Lipinski definition) is 4. The monoisotopic (exact) mass is 408 g/mol. The third kappa shape index (κ3) is 6.47. The number of thiophene rings is 1. The molecular formula is C23H24N2O3S. The van der Waals surface area contributed by atoms with Crippen LogP contribution in [0.1, 0.15) is 33.6 Å². The van der Waals surface area contributed by atoms with Crippen LogP contribution in [0.15, 0.2) is 66.0 Å². The topological polar surface area (TPSA) is 67.4 Å². The van der Waals surface area contributed by atoms with Crippen molar-refractivity contribution in [2.75, 3.05) is 11.9 Å². The molecule has 6 heteroatoms. The molecule has 0 saturated carbocycles. The maximum Gasteiger partial charge on any atom is 0.261 e. The summed E-state index contributed by atoms with van der Waals surface area (Å²) >= 11 is 1.40. The second-order valence-corrected chi connectivity index (χ2v) is 7.61. The number of carbonyl (C=O) groups excluding carboxylic acids is 2. The number of rotatable bonds is 9. The first-order chi connectivity index (χ1) is 14.1. The fraction of sp³-hybridized carbons (Fsp3) is 0.217. The molecule has 2 N–H and O–H groups in total. The zero-order chi connectivity index (χ0) is 20.5. The molecule has 0 radical (unpaired) electrons. The van der Waals surface area contributed by atoms with E-state index in [9.17, 15) is 9.59 Å². The van der Waals surface area contributed by atoms with E-state index in [1.165, 1.54) is 11.3 Å². The molecule has 1 aromatic heterocycles. The fourth-order valence-electron chi connectivity index (χ4n) is 2.75. The van der Waals surface area contributed by atoms with E-state index >= 15 is 0 Å². The Morgan fingerprint density at radius 3 is 2.62 bits per heavy atom. The van der Waals surface area contributed by atoms with Crippen molar-refractivity contribution in [3.8, 4) is 5.75 Å². The molecule has 0 atom stereocenters. The first-order valence-corrected chi connectivity index (χ1v) is 10.4. The van der Waals surface area contributed by atoms with Crippen LogP contribution in [0.2, 0.25) is 0 Å². The van der Waals surface area contributed by atoms with E-state index in [0.29, 0.717) is 42.3 Å². The number of aryl methyl sites for hydroxylation is 1. The Labute approximate surface area is 174 Å². The van der Waals surface area contributed by atoms with Crippen LogP contribution in [0.4, 0.5) is 5.69 Å². The van der Waals surface area contributed by atoms with Gasteiger partial charge in [-0.25, -0.2) is 0 Å². The van der Waals surface area contributed by atoms with Crippen molar-refractivity contribution < 1.29 is 14.3 Å².